The summed E-state index contributed by atoms with van der Waals surface area (Å²) < 4.78 is 11.1. The number of phenolic OH excluding ortho intramolecular Hbond substituents is 1. The molecule has 0 aromatic heterocycles. The van der Waals surface area contributed by atoms with Gasteiger partial charge in [0.05, 0.1) is 5.60 Å². The molecule has 0 heterocycles. The third-order valence-electron chi connectivity index (χ3n) is 4.71. The molecule has 1 atom stereocenters. The molecule has 2 rings (SSSR count). The van der Waals surface area contributed by atoms with Crippen molar-refractivity contribution in [3.63, 3.8) is 0 Å². The van der Waals surface area contributed by atoms with Gasteiger partial charge in [0.2, 0.25) is 5.91 Å². The van der Waals surface area contributed by atoms with Crippen LogP contribution in [0.15, 0.2) is 54.6 Å². The van der Waals surface area contributed by atoms with E-state index >= 15 is 0 Å². The molecule has 0 aliphatic heterocycles. The summed E-state index contributed by atoms with van der Waals surface area (Å²) in [6.07, 6.45) is 1.05. The highest BCUT2D eigenvalue weighted by atomic mass is 16.5. The van der Waals surface area contributed by atoms with Gasteiger partial charge in [-0.05, 0) is 50.5 Å². The molecule has 6 nitrogen and oxygen atoms in total. The van der Waals surface area contributed by atoms with E-state index in [1.165, 1.54) is 0 Å². The zero-order valence-corrected chi connectivity index (χ0v) is 17.9. The summed E-state index contributed by atoms with van der Waals surface area (Å²) in [6, 6.07) is 15.1. The van der Waals surface area contributed by atoms with E-state index in [4.69, 9.17) is 9.47 Å². The van der Waals surface area contributed by atoms with Gasteiger partial charge in [0.1, 0.15) is 18.4 Å². The van der Waals surface area contributed by atoms with Crippen molar-refractivity contribution in [3.05, 3.63) is 65.7 Å². The van der Waals surface area contributed by atoms with E-state index in [1.54, 1.807) is 24.3 Å². The third kappa shape index (κ3) is 8.25. The number of aromatic hydroxyl groups is 1. The van der Waals surface area contributed by atoms with Crippen molar-refractivity contribution in [2.75, 3.05) is 6.61 Å². The zero-order valence-electron chi connectivity index (χ0n) is 17.9. The number of esters is 1. The Morgan fingerprint density at radius 3 is 2.33 bits per heavy atom. The van der Waals surface area contributed by atoms with Gasteiger partial charge in [0.25, 0.3) is 0 Å². The van der Waals surface area contributed by atoms with Crippen LogP contribution in [0.25, 0.3) is 0 Å². The van der Waals surface area contributed by atoms with Gasteiger partial charge in [-0.2, -0.15) is 0 Å². The molecule has 0 radical (unpaired) electrons. The molecule has 0 saturated carbocycles. The fourth-order valence-electron chi connectivity index (χ4n) is 3.03. The zero-order chi connectivity index (χ0) is 22.0. The lowest BCUT2D eigenvalue weighted by Crippen LogP contribution is -2.43. The van der Waals surface area contributed by atoms with Gasteiger partial charge in [0, 0.05) is 19.4 Å². The van der Waals surface area contributed by atoms with Crippen LogP contribution in [0.1, 0.15) is 44.7 Å². The van der Waals surface area contributed by atoms with Crippen molar-refractivity contribution in [1.29, 1.82) is 0 Å². The molecule has 162 valence electrons. The van der Waals surface area contributed by atoms with Gasteiger partial charge in [0.15, 0.2) is 0 Å². The fourth-order valence-corrected chi connectivity index (χ4v) is 3.03. The summed E-state index contributed by atoms with van der Waals surface area (Å²) in [7, 11) is 0. The molecule has 0 bridgehead atoms. The first kappa shape index (κ1) is 23.4. The van der Waals surface area contributed by atoms with Crippen LogP contribution in [-0.4, -0.2) is 35.2 Å². The quantitative estimate of drug-likeness (QED) is 0.548. The van der Waals surface area contributed by atoms with Gasteiger partial charge in [-0.25, -0.2) is 4.79 Å². The van der Waals surface area contributed by atoms with E-state index in [-0.39, 0.29) is 31.1 Å². The maximum atomic E-state index is 12.7. The fraction of sp³-hybridized carbons (Fsp3) is 0.417. The Labute approximate surface area is 178 Å². The molecule has 0 fully saturated rings. The summed E-state index contributed by atoms with van der Waals surface area (Å²) in [5.41, 5.74) is 1.27. The van der Waals surface area contributed by atoms with Gasteiger partial charge in [-0.3, -0.25) is 4.79 Å². The second kappa shape index (κ2) is 11.4. The van der Waals surface area contributed by atoms with E-state index in [0.717, 1.165) is 11.1 Å². The SMILES string of the molecule is CCOC(C)(C)CCC(=O)N[C@@H](Cc1ccc(O)cc1)C(=O)OCc1ccccc1. The number of hydrogen-bond acceptors (Lipinski definition) is 5. The van der Waals surface area contributed by atoms with E-state index in [0.29, 0.717) is 13.0 Å². The van der Waals surface area contributed by atoms with Gasteiger partial charge < -0.3 is 19.9 Å². The molecule has 0 aliphatic rings. The van der Waals surface area contributed by atoms with Crippen LogP contribution in [0, 0.1) is 0 Å². The molecule has 2 aromatic rings. The average molecular weight is 414 g/mol. The summed E-state index contributed by atoms with van der Waals surface area (Å²) in [5.74, 6) is -0.586. The van der Waals surface area contributed by atoms with Gasteiger partial charge in [-0.15, -0.1) is 0 Å². The number of carbonyl (C=O) groups excluding carboxylic acids is 2. The maximum Gasteiger partial charge on any atom is 0.329 e. The Hall–Kier alpha value is -2.86. The Bertz CT molecular complexity index is 802. The smallest absolute Gasteiger partial charge is 0.329 e. The van der Waals surface area contributed by atoms with E-state index in [1.807, 2.05) is 51.1 Å². The molecule has 2 N–H and O–H groups in total. The van der Waals surface area contributed by atoms with Crippen molar-refractivity contribution < 1.29 is 24.2 Å². The maximum absolute atomic E-state index is 12.7. The van der Waals surface area contributed by atoms with Crippen molar-refractivity contribution >= 4 is 11.9 Å². The number of ether oxygens (including phenoxy) is 2. The van der Waals surface area contributed by atoms with Crippen molar-refractivity contribution in [3.8, 4) is 5.75 Å². The van der Waals surface area contributed by atoms with Crippen LogP contribution in [0.5, 0.6) is 5.75 Å². The van der Waals surface area contributed by atoms with Gasteiger partial charge >= 0.3 is 5.97 Å². The second-order valence-corrected chi connectivity index (χ2v) is 7.78. The van der Waals surface area contributed by atoms with Crippen LogP contribution >= 0.6 is 0 Å². The Kier molecular flexibility index (Phi) is 8.87. The third-order valence-corrected chi connectivity index (χ3v) is 4.71. The van der Waals surface area contributed by atoms with Crippen LogP contribution in [0.2, 0.25) is 0 Å². The highest BCUT2D eigenvalue weighted by molar-refractivity contribution is 5.84. The molecule has 0 spiro atoms. The average Bonchev–Trinajstić information content (AvgIpc) is 2.72. The Balaban J connectivity index is 2.01. The van der Waals surface area contributed by atoms with Crippen molar-refractivity contribution in [1.82, 2.24) is 5.32 Å². The lowest BCUT2D eigenvalue weighted by atomic mass is 10.0. The predicted molar refractivity (Wildman–Crippen MR) is 115 cm³/mol. The highest BCUT2D eigenvalue weighted by Crippen LogP contribution is 2.17. The van der Waals surface area contributed by atoms with Crippen molar-refractivity contribution in [2.45, 2.75) is 58.3 Å². The molecule has 0 aliphatic carbocycles. The number of nitrogens with one attached hydrogen (secondary N) is 1. The molecule has 6 heteroatoms. The first-order valence-electron chi connectivity index (χ1n) is 10.2. The number of amides is 1. The largest absolute Gasteiger partial charge is 0.508 e. The van der Waals surface area contributed by atoms with Crippen LogP contribution in [0.3, 0.4) is 0 Å². The summed E-state index contributed by atoms with van der Waals surface area (Å²) in [5, 5.41) is 12.3. The van der Waals surface area contributed by atoms with Crippen LogP contribution < -0.4 is 5.32 Å². The minimum atomic E-state index is -0.819. The highest BCUT2D eigenvalue weighted by Gasteiger charge is 2.25. The lowest BCUT2D eigenvalue weighted by Gasteiger charge is -2.25. The van der Waals surface area contributed by atoms with Crippen LogP contribution in [-0.2, 0) is 32.1 Å². The van der Waals surface area contributed by atoms with E-state index in [9.17, 15) is 14.7 Å². The second-order valence-electron chi connectivity index (χ2n) is 7.78. The molecule has 30 heavy (non-hydrogen) atoms. The number of benzene rings is 2. The summed E-state index contributed by atoms with van der Waals surface area (Å²) in [4.78, 5) is 25.2. The van der Waals surface area contributed by atoms with Gasteiger partial charge in [-0.1, -0.05) is 42.5 Å². The molecular weight excluding hydrogens is 382 g/mol. The van der Waals surface area contributed by atoms with Crippen LogP contribution in [0.4, 0.5) is 0 Å². The number of hydrogen-bond donors (Lipinski definition) is 2. The summed E-state index contributed by atoms with van der Waals surface area (Å²) >= 11 is 0. The minimum Gasteiger partial charge on any atom is -0.508 e. The Morgan fingerprint density at radius 2 is 1.70 bits per heavy atom. The molecule has 1 amide bonds. The monoisotopic (exact) mass is 413 g/mol. The standard InChI is InChI=1S/C24H31NO5/c1-4-30-24(2,3)15-14-22(27)25-21(16-18-10-12-20(26)13-11-18)23(28)29-17-19-8-6-5-7-9-19/h5-13,21,26H,4,14-17H2,1-3H3,(H,25,27)/t21-/m0/s1. The van der Waals surface area contributed by atoms with E-state index in [2.05, 4.69) is 5.32 Å². The predicted octanol–water partition coefficient (Wildman–Crippen LogP) is 3.76. The topological polar surface area (TPSA) is 84.9 Å². The Morgan fingerprint density at radius 1 is 1.03 bits per heavy atom. The molecule has 2 aromatic carbocycles. The minimum absolute atomic E-state index is 0.138. The molecular formula is C24H31NO5. The number of rotatable bonds is 11. The number of carbonyl (C=O) groups is 2. The number of phenols is 1. The normalized spacial score (nSPS) is 12.2. The first-order chi connectivity index (χ1) is 14.3. The van der Waals surface area contributed by atoms with Crippen molar-refractivity contribution in [2.24, 2.45) is 0 Å². The molecule has 0 unspecified atom stereocenters. The van der Waals surface area contributed by atoms with E-state index < -0.39 is 17.6 Å². The lowest BCUT2D eigenvalue weighted by molar-refractivity contribution is -0.149. The first-order valence-corrected chi connectivity index (χ1v) is 10.2. The molecule has 0 saturated heterocycles. The summed E-state index contributed by atoms with van der Waals surface area (Å²) in [6.45, 7) is 6.50.